The Balaban J connectivity index is 1.95. The number of benzene rings is 2. The summed E-state index contributed by atoms with van der Waals surface area (Å²) in [7, 11) is 0. The second-order valence-electron chi connectivity index (χ2n) is 5.93. The number of allylic oxidation sites excluding steroid dienone is 1. The predicted molar refractivity (Wildman–Crippen MR) is 86.9 cm³/mol. The first-order valence-corrected chi connectivity index (χ1v) is 9.24. The average molecular weight is 353 g/mol. The topological polar surface area (TPSA) is 0 Å². The third-order valence-corrected chi connectivity index (χ3v) is 6.25. The third-order valence-electron chi connectivity index (χ3n) is 4.36. The van der Waals surface area contributed by atoms with Crippen molar-refractivity contribution in [3.8, 4) is 11.1 Å². The van der Waals surface area contributed by atoms with Crippen LogP contribution in [0.25, 0.3) is 17.2 Å². The number of fused-ring (bicyclic) bond motifs is 1. The maximum absolute atomic E-state index is 2.38. The zero-order valence-corrected chi connectivity index (χ0v) is 15.3. The van der Waals surface area contributed by atoms with Gasteiger partial charge in [-0.25, -0.2) is 0 Å². The summed E-state index contributed by atoms with van der Waals surface area (Å²) >= 11 is 1.59. The number of hydrogen-bond acceptors (Lipinski definition) is 0. The molecule has 1 aliphatic carbocycles. The van der Waals surface area contributed by atoms with Crippen molar-refractivity contribution in [2.24, 2.45) is 0 Å². The van der Waals surface area contributed by atoms with Gasteiger partial charge in [-0.3, -0.25) is 0 Å². The Morgan fingerprint density at radius 1 is 1.05 bits per heavy atom. The minimum absolute atomic E-state index is 0.649. The molecular formula is C20H21Zr. The van der Waals surface area contributed by atoms with E-state index in [1.54, 1.807) is 24.7 Å². The molecule has 0 spiro atoms. The SMILES string of the molecule is CCCCc1ccc(-c2cccc3c2C=C(C)[CH]3[Zr])cc1. The first-order valence-electron chi connectivity index (χ1n) is 7.82. The molecule has 0 N–H and O–H groups in total. The Morgan fingerprint density at radius 2 is 1.81 bits per heavy atom. The van der Waals surface area contributed by atoms with Crippen LogP contribution >= 0.6 is 0 Å². The van der Waals surface area contributed by atoms with Crippen LogP contribution in [-0.4, -0.2) is 0 Å². The summed E-state index contributed by atoms with van der Waals surface area (Å²) in [5, 5.41) is 0. The Labute approximate surface area is 143 Å². The van der Waals surface area contributed by atoms with E-state index in [1.807, 2.05) is 0 Å². The molecule has 0 aromatic heterocycles. The van der Waals surface area contributed by atoms with Crippen molar-refractivity contribution in [2.75, 3.05) is 0 Å². The standard InChI is InChI=1S/C20H21.Zr/c1-3-4-6-16-9-11-17(12-10-16)19-8-5-7-18-13-15(2)14-20(18)19;/h5,7-14H,3-4,6H2,1-2H3;. The molecule has 1 unspecified atom stereocenters. The zero-order chi connectivity index (χ0) is 14.8. The average Bonchev–Trinajstić information content (AvgIpc) is 2.81. The van der Waals surface area contributed by atoms with Crippen LogP contribution < -0.4 is 0 Å². The summed E-state index contributed by atoms with van der Waals surface area (Å²) in [6, 6.07) is 15.9. The van der Waals surface area contributed by atoms with Crippen LogP contribution in [0.2, 0.25) is 0 Å². The minimum atomic E-state index is 0.649. The maximum atomic E-state index is 2.38. The third kappa shape index (κ3) is 2.99. The van der Waals surface area contributed by atoms with Gasteiger partial charge in [0.1, 0.15) is 0 Å². The van der Waals surface area contributed by atoms with Gasteiger partial charge in [0.25, 0.3) is 0 Å². The Bertz CT molecular complexity index is 665. The van der Waals surface area contributed by atoms with Gasteiger partial charge in [0, 0.05) is 0 Å². The number of hydrogen-bond donors (Lipinski definition) is 0. The molecule has 0 heterocycles. The van der Waals surface area contributed by atoms with Crippen LogP contribution in [0.4, 0.5) is 0 Å². The first-order chi connectivity index (χ1) is 10.2. The van der Waals surface area contributed by atoms with Crippen LogP contribution in [0.1, 0.15) is 47.0 Å². The van der Waals surface area contributed by atoms with Crippen LogP contribution in [0.3, 0.4) is 0 Å². The van der Waals surface area contributed by atoms with Crippen molar-refractivity contribution < 1.29 is 24.7 Å². The fourth-order valence-electron chi connectivity index (χ4n) is 3.04. The van der Waals surface area contributed by atoms with Gasteiger partial charge in [0.05, 0.1) is 0 Å². The van der Waals surface area contributed by atoms with Gasteiger partial charge in [-0.15, -0.1) is 0 Å². The van der Waals surface area contributed by atoms with Crippen molar-refractivity contribution in [2.45, 2.75) is 36.7 Å². The Hall–Kier alpha value is -0.937. The van der Waals surface area contributed by atoms with Crippen LogP contribution in [0.15, 0.2) is 48.0 Å². The quantitative estimate of drug-likeness (QED) is 0.662. The molecule has 2 aromatic carbocycles. The van der Waals surface area contributed by atoms with E-state index in [0.29, 0.717) is 3.63 Å². The van der Waals surface area contributed by atoms with Gasteiger partial charge >= 0.3 is 143 Å². The molecule has 0 radical (unpaired) electrons. The van der Waals surface area contributed by atoms with Crippen molar-refractivity contribution in [3.63, 3.8) is 0 Å². The first kappa shape index (κ1) is 15.0. The van der Waals surface area contributed by atoms with E-state index < -0.39 is 0 Å². The van der Waals surface area contributed by atoms with E-state index in [4.69, 9.17) is 0 Å². The molecule has 0 fully saturated rings. The normalized spacial score (nSPS) is 16.6. The second kappa shape index (κ2) is 6.45. The summed E-state index contributed by atoms with van der Waals surface area (Å²) in [4.78, 5) is 0. The molecule has 1 heteroatoms. The molecule has 0 aliphatic heterocycles. The fourth-order valence-corrected chi connectivity index (χ4v) is 3.86. The molecule has 1 aliphatic rings. The summed E-state index contributed by atoms with van der Waals surface area (Å²) < 4.78 is 0.649. The molecule has 0 saturated heterocycles. The van der Waals surface area contributed by atoms with E-state index in [-0.39, 0.29) is 0 Å². The van der Waals surface area contributed by atoms with Gasteiger partial charge in [-0.2, -0.15) is 0 Å². The van der Waals surface area contributed by atoms with Crippen LogP contribution in [0.5, 0.6) is 0 Å². The van der Waals surface area contributed by atoms with Gasteiger partial charge in [0.15, 0.2) is 0 Å². The molecule has 21 heavy (non-hydrogen) atoms. The molecule has 1 atom stereocenters. The van der Waals surface area contributed by atoms with Crippen molar-refractivity contribution >= 4 is 6.08 Å². The predicted octanol–water partition coefficient (Wildman–Crippen LogP) is 5.70. The van der Waals surface area contributed by atoms with Crippen LogP contribution in [-0.2, 0) is 31.1 Å². The molecule has 0 saturated carbocycles. The molecule has 0 amide bonds. The molecule has 0 bridgehead atoms. The van der Waals surface area contributed by atoms with Gasteiger partial charge < -0.3 is 0 Å². The van der Waals surface area contributed by atoms with Crippen molar-refractivity contribution in [3.05, 3.63) is 64.7 Å². The van der Waals surface area contributed by atoms with E-state index in [1.165, 1.54) is 52.7 Å². The fraction of sp³-hybridized carbons (Fsp3) is 0.300. The second-order valence-corrected chi connectivity index (χ2v) is 7.35. The van der Waals surface area contributed by atoms with E-state index >= 15 is 0 Å². The van der Waals surface area contributed by atoms with E-state index in [2.05, 4.69) is 62.4 Å². The van der Waals surface area contributed by atoms with Gasteiger partial charge in [-0.1, -0.05) is 0 Å². The van der Waals surface area contributed by atoms with Gasteiger partial charge in [0.2, 0.25) is 0 Å². The van der Waals surface area contributed by atoms with E-state index in [9.17, 15) is 0 Å². The number of aryl methyl sites for hydroxylation is 1. The molecule has 3 rings (SSSR count). The monoisotopic (exact) mass is 351 g/mol. The summed E-state index contributed by atoms with van der Waals surface area (Å²) in [5.74, 6) is 0. The molecular weight excluding hydrogens is 331 g/mol. The summed E-state index contributed by atoms with van der Waals surface area (Å²) in [6.07, 6.45) is 6.12. The Kier molecular flexibility index (Phi) is 4.60. The van der Waals surface area contributed by atoms with Crippen molar-refractivity contribution in [1.82, 2.24) is 0 Å². The summed E-state index contributed by atoms with van der Waals surface area (Å²) in [6.45, 7) is 4.51. The van der Waals surface area contributed by atoms with E-state index in [0.717, 1.165) is 0 Å². The summed E-state index contributed by atoms with van der Waals surface area (Å²) in [5.41, 5.74) is 8.66. The van der Waals surface area contributed by atoms with Crippen molar-refractivity contribution in [1.29, 1.82) is 0 Å². The zero-order valence-electron chi connectivity index (χ0n) is 12.8. The number of unbranched alkanes of at least 4 members (excludes halogenated alkanes) is 1. The molecule has 0 nitrogen and oxygen atoms in total. The van der Waals surface area contributed by atoms with Crippen LogP contribution in [0, 0.1) is 0 Å². The Morgan fingerprint density at radius 3 is 2.52 bits per heavy atom. The molecule has 2 aromatic rings. The van der Waals surface area contributed by atoms with Gasteiger partial charge in [-0.05, 0) is 0 Å². The number of rotatable bonds is 4. The molecule has 105 valence electrons.